The summed E-state index contributed by atoms with van der Waals surface area (Å²) in [4.78, 5) is 0. The third-order valence-electron chi connectivity index (χ3n) is 2.31. The maximum absolute atomic E-state index is 13.4. The molecule has 0 aliphatic carbocycles. The Balaban J connectivity index is 2.37. The Kier molecular flexibility index (Phi) is 3.78. The van der Waals surface area contributed by atoms with Gasteiger partial charge in [-0.2, -0.15) is 5.10 Å². The van der Waals surface area contributed by atoms with E-state index >= 15 is 0 Å². The third-order valence-corrected chi connectivity index (χ3v) is 2.92. The molecule has 96 valence electrons. The van der Waals surface area contributed by atoms with Crippen LogP contribution in [-0.2, 0) is 0 Å². The molecule has 0 saturated carbocycles. The van der Waals surface area contributed by atoms with Crippen LogP contribution in [0.5, 0.6) is 0 Å². The maximum atomic E-state index is 13.4. The monoisotopic (exact) mass is 287 g/mol. The lowest BCUT2D eigenvalue weighted by Crippen LogP contribution is -2.09. The zero-order valence-electron chi connectivity index (χ0n) is 9.89. The van der Waals surface area contributed by atoms with Gasteiger partial charge in [-0.25, -0.2) is 4.39 Å². The summed E-state index contributed by atoms with van der Waals surface area (Å²) in [5.41, 5.74) is 1.17. The number of hydrogen-bond acceptors (Lipinski definition) is 2. The van der Waals surface area contributed by atoms with Crippen molar-refractivity contribution < 1.29 is 4.39 Å². The number of rotatable bonds is 3. The number of aromatic amines is 1. The van der Waals surface area contributed by atoms with Gasteiger partial charge in [-0.05, 0) is 26.0 Å². The normalized spacial score (nSPS) is 11.0. The second-order valence-electron chi connectivity index (χ2n) is 4.21. The van der Waals surface area contributed by atoms with Crippen LogP contribution in [0.25, 0.3) is 11.3 Å². The van der Waals surface area contributed by atoms with Gasteiger partial charge in [0.2, 0.25) is 0 Å². The van der Waals surface area contributed by atoms with Crippen LogP contribution in [0.15, 0.2) is 18.2 Å². The molecule has 1 aromatic carbocycles. The molecule has 1 aromatic heterocycles. The SMILES string of the molecule is CC(C)Nc1cc(-c2cc(F)c(Cl)cc2Cl)[nH]n1. The second kappa shape index (κ2) is 5.16. The second-order valence-corrected chi connectivity index (χ2v) is 5.03. The fraction of sp³-hybridized carbons (Fsp3) is 0.250. The van der Waals surface area contributed by atoms with Gasteiger partial charge in [0, 0.05) is 17.7 Å². The molecule has 0 aliphatic heterocycles. The molecule has 2 aromatic rings. The highest BCUT2D eigenvalue weighted by atomic mass is 35.5. The van der Waals surface area contributed by atoms with Gasteiger partial charge < -0.3 is 5.32 Å². The Morgan fingerprint density at radius 1 is 1.22 bits per heavy atom. The molecule has 3 nitrogen and oxygen atoms in total. The van der Waals surface area contributed by atoms with E-state index in [1.165, 1.54) is 12.1 Å². The zero-order valence-corrected chi connectivity index (χ0v) is 11.4. The molecule has 0 amide bonds. The van der Waals surface area contributed by atoms with Crippen LogP contribution in [0.1, 0.15) is 13.8 Å². The fourth-order valence-corrected chi connectivity index (χ4v) is 2.04. The van der Waals surface area contributed by atoms with Crippen molar-refractivity contribution in [3.8, 4) is 11.3 Å². The van der Waals surface area contributed by atoms with Crippen LogP contribution in [0, 0.1) is 5.82 Å². The molecule has 0 radical (unpaired) electrons. The lowest BCUT2D eigenvalue weighted by molar-refractivity contribution is 0.628. The van der Waals surface area contributed by atoms with Gasteiger partial charge in [0.05, 0.1) is 15.7 Å². The molecular formula is C12H12Cl2FN3. The number of nitrogens with one attached hydrogen (secondary N) is 2. The Morgan fingerprint density at radius 3 is 2.61 bits per heavy atom. The first kappa shape index (κ1) is 13.2. The topological polar surface area (TPSA) is 40.7 Å². The number of H-pyrrole nitrogens is 1. The molecule has 0 saturated heterocycles. The van der Waals surface area contributed by atoms with Crippen molar-refractivity contribution in [2.45, 2.75) is 19.9 Å². The summed E-state index contributed by atoms with van der Waals surface area (Å²) in [5.74, 6) is 0.176. The average molecular weight is 288 g/mol. The Bertz CT molecular complexity index is 566. The minimum Gasteiger partial charge on any atom is -0.366 e. The first-order valence-electron chi connectivity index (χ1n) is 5.44. The smallest absolute Gasteiger partial charge is 0.148 e. The molecule has 0 fully saturated rings. The van der Waals surface area contributed by atoms with Crippen LogP contribution in [0.3, 0.4) is 0 Å². The van der Waals surface area contributed by atoms with Crippen LogP contribution in [-0.4, -0.2) is 16.2 Å². The van der Waals surface area contributed by atoms with E-state index in [0.29, 0.717) is 22.1 Å². The summed E-state index contributed by atoms with van der Waals surface area (Å²) in [6.45, 7) is 4.01. The van der Waals surface area contributed by atoms with Crippen molar-refractivity contribution in [3.05, 3.63) is 34.1 Å². The van der Waals surface area contributed by atoms with Crippen molar-refractivity contribution in [2.75, 3.05) is 5.32 Å². The summed E-state index contributed by atoms with van der Waals surface area (Å²) < 4.78 is 13.4. The van der Waals surface area contributed by atoms with E-state index in [2.05, 4.69) is 15.5 Å². The van der Waals surface area contributed by atoms with E-state index in [0.717, 1.165) is 0 Å². The van der Waals surface area contributed by atoms with Gasteiger partial charge in [0.1, 0.15) is 11.6 Å². The highest BCUT2D eigenvalue weighted by molar-refractivity contribution is 6.36. The van der Waals surface area contributed by atoms with Gasteiger partial charge in [-0.1, -0.05) is 23.2 Å². The minimum absolute atomic E-state index is 0.00351. The maximum Gasteiger partial charge on any atom is 0.148 e. The number of aromatic nitrogens is 2. The summed E-state index contributed by atoms with van der Waals surface area (Å²) >= 11 is 11.7. The van der Waals surface area contributed by atoms with Gasteiger partial charge in [-0.3, -0.25) is 5.10 Å². The predicted octanol–water partition coefficient (Wildman–Crippen LogP) is 4.34. The largest absolute Gasteiger partial charge is 0.366 e. The van der Waals surface area contributed by atoms with Crippen molar-refractivity contribution >= 4 is 29.0 Å². The van der Waals surface area contributed by atoms with Gasteiger partial charge in [0.25, 0.3) is 0 Å². The standard InChI is InChI=1S/C12H12Cl2FN3/c1-6(2)16-12-5-11(17-18-12)7-3-10(15)9(14)4-8(7)13/h3-6H,1-2H3,(H2,16,17,18). The van der Waals surface area contributed by atoms with E-state index in [1.807, 2.05) is 13.8 Å². The first-order chi connectivity index (χ1) is 8.47. The molecular weight excluding hydrogens is 276 g/mol. The van der Waals surface area contributed by atoms with E-state index in [1.54, 1.807) is 6.07 Å². The van der Waals surface area contributed by atoms with Gasteiger partial charge >= 0.3 is 0 Å². The Morgan fingerprint density at radius 2 is 1.94 bits per heavy atom. The number of hydrogen-bond donors (Lipinski definition) is 2. The molecule has 18 heavy (non-hydrogen) atoms. The molecule has 0 bridgehead atoms. The first-order valence-corrected chi connectivity index (χ1v) is 6.20. The van der Waals surface area contributed by atoms with Gasteiger partial charge in [0.15, 0.2) is 0 Å². The predicted molar refractivity (Wildman–Crippen MR) is 72.8 cm³/mol. The number of halogens is 3. The van der Waals surface area contributed by atoms with Crippen molar-refractivity contribution in [1.29, 1.82) is 0 Å². The highest BCUT2D eigenvalue weighted by Gasteiger charge is 2.11. The lowest BCUT2D eigenvalue weighted by atomic mass is 10.1. The Labute approximate surface area is 114 Å². The van der Waals surface area contributed by atoms with E-state index < -0.39 is 5.82 Å². The average Bonchev–Trinajstić information content (AvgIpc) is 2.70. The fourth-order valence-electron chi connectivity index (χ4n) is 1.56. The third kappa shape index (κ3) is 2.76. The molecule has 0 unspecified atom stereocenters. The van der Waals surface area contributed by atoms with E-state index in [9.17, 15) is 4.39 Å². The molecule has 0 aliphatic rings. The van der Waals surface area contributed by atoms with Crippen LogP contribution >= 0.6 is 23.2 Å². The zero-order chi connectivity index (χ0) is 13.3. The van der Waals surface area contributed by atoms with E-state index in [4.69, 9.17) is 23.2 Å². The quantitative estimate of drug-likeness (QED) is 0.825. The number of benzene rings is 1. The molecule has 2 rings (SSSR count). The van der Waals surface area contributed by atoms with E-state index in [-0.39, 0.29) is 11.1 Å². The number of anilines is 1. The molecule has 6 heteroatoms. The highest BCUT2D eigenvalue weighted by Crippen LogP contribution is 2.32. The van der Waals surface area contributed by atoms with Crippen LogP contribution in [0.4, 0.5) is 10.2 Å². The molecule has 1 heterocycles. The summed E-state index contributed by atoms with van der Waals surface area (Å²) in [7, 11) is 0. The van der Waals surface area contributed by atoms with Crippen molar-refractivity contribution in [2.24, 2.45) is 0 Å². The lowest BCUT2D eigenvalue weighted by Gasteiger charge is -2.04. The molecule has 0 atom stereocenters. The summed E-state index contributed by atoms with van der Waals surface area (Å²) in [6.07, 6.45) is 0. The number of nitrogens with zero attached hydrogens (tertiary/aromatic N) is 1. The van der Waals surface area contributed by atoms with Crippen molar-refractivity contribution in [1.82, 2.24) is 10.2 Å². The Hall–Kier alpha value is -1.26. The van der Waals surface area contributed by atoms with Gasteiger partial charge in [-0.15, -0.1) is 0 Å². The van der Waals surface area contributed by atoms with Crippen molar-refractivity contribution in [3.63, 3.8) is 0 Å². The molecule has 0 spiro atoms. The summed E-state index contributed by atoms with van der Waals surface area (Å²) in [5, 5.41) is 10.4. The van der Waals surface area contributed by atoms with Crippen LogP contribution in [0.2, 0.25) is 10.0 Å². The molecule has 2 N–H and O–H groups in total. The van der Waals surface area contributed by atoms with Crippen LogP contribution < -0.4 is 5.32 Å². The summed E-state index contributed by atoms with van der Waals surface area (Å²) in [6, 6.07) is 4.70. The minimum atomic E-state index is -0.510.